The molecule has 0 bridgehead atoms. The average molecular weight is 384 g/mol. The molecule has 0 spiro atoms. The highest BCUT2D eigenvalue weighted by atomic mass is 19.1. The van der Waals surface area contributed by atoms with E-state index in [4.69, 9.17) is 0 Å². The van der Waals surface area contributed by atoms with Crippen LogP contribution in [0, 0.1) is 6.92 Å². The van der Waals surface area contributed by atoms with Crippen LogP contribution in [0.15, 0.2) is 43.0 Å². The van der Waals surface area contributed by atoms with E-state index in [0.717, 1.165) is 11.4 Å². The summed E-state index contributed by atoms with van der Waals surface area (Å²) in [5.41, 5.74) is 3.29. The summed E-state index contributed by atoms with van der Waals surface area (Å²) in [6.45, 7) is 6.73. The standard InChI is InChI=1S/C19H21FN6O2/c1-11-6-13(20)4-3-5-26(15-8-22-24-18(11)15)14-7-21-19(23-12(14)2)25-9-16(27)17(28)10-25/h3-4,6-8,16-17,27-28H,1,5,9-10H2,2H3,(H,22,24)/b4-3-,13-6+/t16-,17-/m1/s1. The molecule has 0 radical (unpaired) electrons. The Kier molecular flexibility index (Phi) is 4.70. The van der Waals surface area contributed by atoms with Gasteiger partial charge < -0.3 is 20.0 Å². The first kappa shape index (κ1) is 18.3. The van der Waals surface area contributed by atoms with Gasteiger partial charge in [-0.1, -0.05) is 12.7 Å². The van der Waals surface area contributed by atoms with Gasteiger partial charge in [0.25, 0.3) is 0 Å². The predicted octanol–water partition coefficient (Wildman–Crippen LogP) is 1.62. The molecule has 0 aliphatic carbocycles. The van der Waals surface area contributed by atoms with E-state index in [9.17, 15) is 14.6 Å². The minimum Gasteiger partial charge on any atom is -0.388 e. The SMILES string of the molecule is C=C1/C=C(F)\C=C/CN(c2cnc(N3C[C@@H](O)[C@H](O)C3)nc2C)c2cn[nH]c21. The zero-order valence-electron chi connectivity index (χ0n) is 15.4. The van der Waals surface area contributed by atoms with Gasteiger partial charge in [0.15, 0.2) is 0 Å². The molecule has 146 valence electrons. The molecule has 2 atom stereocenters. The number of aliphatic hydroxyl groups is 2. The molecule has 9 heteroatoms. The van der Waals surface area contributed by atoms with Gasteiger partial charge in [-0.2, -0.15) is 5.10 Å². The van der Waals surface area contributed by atoms with E-state index in [0.29, 0.717) is 29.5 Å². The fourth-order valence-corrected chi connectivity index (χ4v) is 3.40. The summed E-state index contributed by atoms with van der Waals surface area (Å²) >= 11 is 0. The van der Waals surface area contributed by atoms with Crippen LogP contribution in [0.3, 0.4) is 0 Å². The van der Waals surface area contributed by atoms with Gasteiger partial charge in [-0.05, 0) is 24.6 Å². The Labute approximate surface area is 161 Å². The maximum atomic E-state index is 13.9. The van der Waals surface area contributed by atoms with Gasteiger partial charge in [-0.3, -0.25) is 5.10 Å². The number of halogens is 1. The van der Waals surface area contributed by atoms with Gasteiger partial charge in [0, 0.05) is 19.6 Å². The second-order valence-electron chi connectivity index (χ2n) is 6.88. The van der Waals surface area contributed by atoms with Crippen molar-refractivity contribution >= 4 is 22.9 Å². The second kappa shape index (κ2) is 7.17. The van der Waals surface area contributed by atoms with Crippen molar-refractivity contribution in [3.8, 4) is 0 Å². The van der Waals surface area contributed by atoms with Gasteiger partial charge in [-0.15, -0.1) is 0 Å². The fraction of sp³-hybridized carbons (Fsp3) is 0.316. The number of nitrogens with one attached hydrogen (secondary N) is 1. The van der Waals surface area contributed by atoms with E-state index in [2.05, 4.69) is 26.7 Å². The van der Waals surface area contributed by atoms with Gasteiger partial charge in [0.05, 0.1) is 47.4 Å². The summed E-state index contributed by atoms with van der Waals surface area (Å²) in [5.74, 6) is 0.0584. The van der Waals surface area contributed by atoms with Crippen molar-refractivity contribution in [3.05, 3.63) is 54.4 Å². The molecule has 2 aliphatic rings. The number of rotatable bonds is 2. The van der Waals surface area contributed by atoms with Crippen LogP contribution in [-0.2, 0) is 0 Å². The molecule has 28 heavy (non-hydrogen) atoms. The van der Waals surface area contributed by atoms with Crippen molar-refractivity contribution in [3.63, 3.8) is 0 Å². The summed E-state index contributed by atoms with van der Waals surface area (Å²) < 4.78 is 13.9. The minimum absolute atomic E-state index is 0.281. The fourth-order valence-electron chi connectivity index (χ4n) is 3.40. The minimum atomic E-state index is -0.811. The highest BCUT2D eigenvalue weighted by Crippen LogP contribution is 2.34. The van der Waals surface area contributed by atoms with Crippen LogP contribution in [0.1, 0.15) is 11.4 Å². The van der Waals surface area contributed by atoms with Crippen molar-refractivity contribution in [2.75, 3.05) is 29.4 Å². The first-order valence-corrected chi connectivity index (χ1v) is 8.92. The monoisotopic (exact) mass is 384 g/mol. The summed E-state index contributed by atoms with van der Waals surface area (Å²) in [6.07, 6.45) is 6.18. The van der Waals surface area contributed by atoms with Crippen LogP contribution in [0.4, 0.5) is 21.7 Å². The number of aromatic amines is 1. The summed E-state index contributed by atoms with van der Waals surface area (Å²) in [7, 11) is 0. The number of β-amino-alcohol motifs (C(OH)–C–C–N with tert-alkyl or cyclic N) is 2. The number of hydrogen-bond acceptors (Lipinski definition) is 7. The quantitative estimate of drug-likeness (QED) is 0.723. The first-order chi connectivity index (χ1) is 13.4. The van der Waals surface area contributed by atoms with Gasteiger partial charge >= 0.3 is 0 Å². The van der Waals surface area contributed by atoms with Crippen molar-refractivity contribution in [2.24, 2.45) is 0 Å². The molecule has 0 saturated carbocycles. The largest absolute Gasteiger partial charge is 0.388 e. The maximum absolute atomic E-state index is 13.9. The average Bonchev–Trinajstić information content (AvgIpc) is 3.26. The summed E-state index contributed by atoms with van der Waals surface area (Å²) in [6, 6.07) is 0. The molecule has 0 amide bonds. The van der Waals surface area contributed by atoms with Crippen molar-refractivity contribution < 1.29 is 14.6 Å². The van der Waals surface area contributed by atoms with Crippen LogP contribution in [0.5, 0.6) is 0 Å². The van der Waals surface area contributed by atoms with Crippen LogP contribution in [-0.4, -0.2) is 62.2 Å². The number of H-pyrrole nitrogens is 1. The number of anilines is 3. The third-order valence-corrected chi connectivity index (χ3v) is 4.88. The van der Waals surface area contributed by atoms with E-state index in [1.807, 2.05) is 11.8 Å². The van der Waals surface area contributed by atoms with E-state index in [1.165, 1.54) is 12.2 Å². The number of allylic oxidation sites excluding steroid dienone is 4. The van der Waals surface area contributed by atoms with Gasteiger partial charge in [0.2, 0.25) is 5.95 Å². The van der Waals surface area contributed by atoms with Crippen molar-refractivity contribution in [1.82, 2.24) is 20.2 Å². The Bertz CT molecular complexity index is 959. The Morgan fingerprint density at radius 2 is 1.96 bits per heavy atom. The normalized spacial score (nSPS) is 25.6. The van der Waals surface area contributed by atoms with Gasteiger partial charge in [0.1, 0.15) is 5.83 Å². The molecule has 2 aliphatic heterocycles. The molecule has 8 nitrogen and oxygen atoms in total. The highest BCUT2D eigenvalue weighted by molar-refractivity contribution is 5.82. The lowest BCUT2D eigenvalue weighted by Gasteiger charge is -2.25. The van der Waals surface area contributed by atoms with E-state index in [1.54, 1.807) is 23.4 Å². The Morgan fingerprint density at radius 3 is 2.68 bits per heavy atom. The molecular formula is C19H21FN6O2. The number of nitrogens with zero attached hydrogens (tertiary/aromatic N) is 5. The molecule has 1 fully saturated rings. The Hall–Kier alpha value is -3.04. The molecule has 3 N–H and O–H groups in total. The highest BCUT2D eigenvalue weighted by Gasteiger charge is 2.31. The molecule has 2 aromatic heterocycles. The number of aliphatic hydroxyl groups excluding tert-OH is 2. The van der Waals surface area contributed by atoms with E-state index in [-0.39, 0.29) is 18.9 Å². The molecule has 0 aromatic carbocycles. The van der Waals surface area contributed by atoms with Crippen LogP contribution < -0.4 is 9.80 Å². The predicted molar refractivity (Wildman–Crippen MR) is 104 cm³/mol. The van der Waals surface area contributed by atoms with Crippen molar-refractivity contribution in [2.45, 2.75) is 19.1 Å². The topological polar surface area (TPSA) is 101 Å². The first-order valence-electron chi connectivity index (χ1n) is 8.92. The van der Waals surface area contributed by atoms with Gasteiger partial charge in [-0.25, -0.2) is 14.4 Å². The Morgan fingerprint density at radius 1 is 1.21 bits per heavy atom. The molecule has 4 rings (SSSR count). The number of fused-ring (bicyclic) bond motifs is 1. The van der Waals surface area contributed by atoms with Crippen LogP contribution in [0.2, 0.25) is 0 Å². The molecule has 1 saturated heterocycles. The van der Waals surface area contributed by atoms with Crippen LogP contribution >= 0.6 is 0 Å². The Balaban J connectivity index is 1.70. The zero-order valence-corrected chi connectivity index (χ0v) is 15.4. The maximum Gasteiger partial charge on any atom is 0.225 e. The molecular weight excluding hydrogens is 363 g/mol. The van der Waals surface area contributed by atoms with Crippen molar-refractivity contribution in [1.29, 1.82) is 0 Å². The third kappa shape index (κ3) is 3.30. The number of aromatic nitrogens is 4. The lowest BCUT2D eigenvalue weighted by Crippen LogP contribution is -2.25. The number of hydrogen-bond donors (Lipinski definition) is 3. The molecule has 4 heterocycles. The zero-order chi connectivity index (χ0) is 19.8. The summed E-state index contributed by atoms with van der Waals surface area (Å²) in [5, 5.41) is 26.5. The molecule has 2 aromatic rings. The smallest absolute Gasteiger partial charge is 0.225 e. The molecule has 0 unspecified atom stereocenters. The number of aryl methyl sites for hydroxylation is 1. The second-order valence-corrected chi connectivity index (χ2v) is 6.88. The summed E-state index contributed by atoms with van der Waals surface area (Å²) in [4.78, 5) is 12.7. The lowest BCUT2D eigenvalue weighted by molar-refractivity contribution is 0.0572. The lowest BCUT2D eigenvalue weighted by atomic mass is 10.1. The van der Waals surface area contributed by atoms with E-state index >= 15 is 0 Å². The third-order valence-electron chi connectivity index (χ3n) is 4.88. The van der Waals surface area contributed by atoms with Crippen LogP contribution in [0.25, 0.3) is 5.57 Å². The van der Waals surface area contributed by atoms with E-state index < -0.39 is 12.2 Å².